The van der Waals surface area contributed by atoms with Crippen LogP contribution in [-0.2, 0) is 11.2 Å². The Bertz CT molecular complexity index is 401. The average molecular weight is 279 g/mol. The van der Waals surface area contributed by atoms with E-state index in [0.29, 0.717) is 18.9 Å². The molecule has 0 aliphatic carbocycles. The molecule has 0 bridgehead atoms. The molecular formula is C16H25NO3. The number of carbonyl (C=O) groups is 1. The van der Waals surface area contributed by atoms with Gasteiger partial charge in [0.1, 0.15) is 5.75 Å². The highest BCUT2D eigenvalue weighted by atomic mass is 16.5. The van der Waals surface area contributed by atoms with Gasteiger partial charge in [0, 0.05) is 0 Å². The van der Waals surface area contributed by atoms with Gasteiger partial charge in [0.15, 0.2) is 0 Å². The first-order valence-electron chi connectivity index (χ1n) is 7.17. The van der Waals surface area contributed by atoms with E-state index < -0.39 is 0 Å². The van der Waals surface area contributed by atoms with Crippen molar-refractivity contribution in [1.82, 2.24) is 5.32 Å². The molecule has 0 aliphatic heterocycles. The fourth-order valence-electron chi connectivity index (χ4n) is 2.08. The van der Waals surface area contributed by atoms with Crippen molar-refractivity contribution in [3.05, 3.63) is 29.8 Å². The molecule has 1 rings (SSSR count). The van der Waals surface area contributed by atoms with Crippen molar-refractivity contribution >= 4 is 5.91 Å². The van der Waals surface area contributed by atoms with Crippen LogP contribution in [0.15, 0.2) is 24.3 Å². The maximum atomic E-state index is 11.9. The highest BCUT2D eigenvalue weighted by Crippen LogP contribution is 2.12. The molecule has 0 heterocycles. The molecule has 0 spiro atoms. The molecule has 112 valence electrons. The molecule has 0 radical (unpaired) electrons. The maximum absolute atomic E-state index is 11.9. The molecule has 1 atom stereocenters. The second kappa shape index (κ2) is 8.59. The molecule has 0 fully saturated rings. The van der Waals surface area contributed by atoms with E-state index in [0.717, 1.165) is 17.7 Å². The molecule has 0 saturated carbocycles. The van der Waals surface area contributed by atoms with E-state index in [9.17, 15) is 9.90 Å². The van der Waals surface area contributed by atoms with Crippen LogP contribution in [0.5, 0.6) is 5.75 Å². The van der Waals surface area contributed by atoms with Crippen molar-refractivity contribution in [1.29, 1.82) is 0 Å². The highest BCUT2D eigenvalue weighted by Gasteiger charge is 2.13. The van der Waals surface area contributed by atoms with Crippen molar-refractivity contribution in [2.45, 2.75) is 39.7 Å². The van der Waals surface area contributed by atoms with Gasteiger partial charge < -0.3 is 15.2 Å². The van der Waals surface area contributed by atoms with Crippen LogP contribution in [0, 0.1) is 5.92 Å². The first kappa shape index (κ1) is 16.5. The lowest BCUT2D eigenvalue weighted by Crippen LogP contribution is -2.39. The molecule has 0 aliphatic rings. The summed E-state index contributed by atoms with van der Waals surface area (Å²) in [7, 11) is 0. The summed E-state index contributed by atoms with van der Waals surface area (Å²) in [5.41, 5.74) is 0.937. The summed E-state index contributed by atoms with van der Waals surface area (Å²) >= 11 is 0. The van der Waals surface area contributed by atoms with Gasteiger partial charge >= 0.3 is 0 Å². The number of hydrogen-bond acceptors (Lipinski definition) is 3. The van der Waals surface area contributed by atoms with Gasteiger partial charge in [-0.2, -0.15) is 0 Å². The van der Waals surface area contributed by atoms with E-state index in [-0.39, 0.29) is 18.6 Å². The molecule has 4 nitrogen and oxygen atoms in total. The predicted octanol–water partition coefficient (Wildman–Crippen LogP) is 2.15. The third-order valence-electron chi connectivity index (χ3n) is 2.94. The summed E-state index contributed by atoms with van der Waals surface area (Å²) in [6, 6.07) is 7.35. The van der Waals surface area contributed by atoms with Crippen LogP contribution in [0.3, 0.4) is 0 Å². The summed E-state index contributed by atoms with van der Waals surface area (Å²) in [6.07, 6.45) is 1.10. The Labute approximate surface area is 121 Å². The average Bonchev–Trinajstić information content (AvgIpc) is 2.40. The molecule has 20 heavy (non-hydrogen) atoms. The SMILES string of the molecule is CCOc1ccc(CC(=O)NC(CO)CC(C)C)cc1. The lowest BCUT2D eigenvalue weighted by atomic mass is 10.0. The van der Waals surface area contributed by atoms with Crippen LogP contribution in [0.2, 0.25) is 0 Å². The van der Waals surface area contributed by atoms with Crippen LogP contribution in [0.4, 0.5) is 0 Å². The van der Waals surface area contributed by atoms with Crippen LogP contribution >= 0.6 is 0 Å². The van der Waals surface area contributed by atoms with E-state index in [1.54, 1.807) is 0 Å². The number of carbonyl (C=O) groups excluding carboxylic acids is 1. The van der Waals surface area contributed by atoms with Crippen LogP contribution in [-0.4, -0.2) is 30.3 Å². The smallest absolute Gasteiger partial charge is 0.224 e. The Balaban J connectivity index is 2.48. The van der Waals surface area contributed by atoms with E-state index in [1.807, 2.05) is 31.2 Å². The van der Waals surface area contributed by atoms with Crippen molar-refractivity contribution < 1.29 is 14.6 Å². The van der Waals surface area contributed by atoms with Gasteiger partial charge in [0.25, 0.3) is 0 Å². The van der Waals surface area contributed by atoms with Crippen molar-refractivity contribution in [3.8, 4) is 5.75 Å². The van der Waals surface area contributed by atoms with Crippen LogP contribution in [0.1, 0.15) is 32.8 Å². The minimum absolute atomic E-state index is 0.0206. The predicted molar refractivity (Wildman–Crippen MR) is 79.8 cm³/mol. The van der Waals surface area contributed by atoms with E-state index in [2.05, 4.69) is 19.2 Å². The minimum Gasteiger partial charge on any atom is -0.494 e. The van der Waals surface area contributed by atoms with Crippen LogP contribution in [0.25, 0.3) is 0 Å². The van der Waals surface area contributed by atoms with Crippen LogP contribution < -0.4 is 10.1 Å². The first-order valence-corrected chi connectivity index (χ1v) is 7.17. The zero-order chi connectivity index (χ0) is 15.0. The fourth-order valence-corrected chi connectivity index (χ4v) is 2.08. The number of rotatable bonds is 8. The van der Waals surface area contributed by atoms with Crippen molar-refractivity contribution in [2.75, 3.05) is 13.2 Å². The van der Waals surface area contributed by atoms with Gasteiger partial charge in [-0.05, 0) is 37.0 Å². The summed E-state index contributed by atoms with van der Waals surface area (Å²) in [5, 5.41) is 12.1. The molecule has 0 saturated heterocycles. The molecule has 4 heteroatoms. The zero-order valence-electron chi connectivity index (χ0n) is 12.6. The van der Waals surface area contributed by atoms with Gasteiger partial charge in [0.2, 0.25) is 5.91 Å². The molecule has 1 aromatic carbocycles. The second-order valence-corrected chi connectivity index (χ2v) is 5.33. The number of aliphatic hydroxyl groups excluding tert-OH is 1. The summed E-state index contributed by atoms with van der Waals surface area (Å²) in [6.45, 7) is 6.69. The van der Waals surface area contributed by atoms with Gasteiger partial charge in [-0.25, -0.2) is 0 Å². The number of nitrogens with one attached hydrogen (secondary N) is 1. The lowest BCUT2D eigenvalue weighted by Gasteiger charge is -2.18. The van der Waals surface area contributed by atoms with Gasteiger partial charge in [-0.3, -0.25) is 4.79 Å². The Hall–Kier alpha value is -1.55. The monoisotopic (exact) mass is 279 g/mol. The third kappa shape index (κ3) is 6.06. The number of aliphatic hydroxyl groups is 1. The van der Waals surface area contributed by atoms with Gasteiger partial charge in [-0.15, -0.1) is 0 Å². The first-order chi connectivity index (χ1) is 9.55. The topological polar surface area (TPSA) is 58.6 Å². The Kier molecular flexibility index (Phi) is 7.09. The van der Waals surface area contributed by atoms with Crippen molar-refractivity contribution in [2.24, 2.45) is 5.92 Å². The Morgan fingerprint density at radius 3 is 2.45 bits per heavy atom. The zero-order valence-corrected chi connectivity index (χ0v) is 12.6. The second-order valence-electron chi connectivity index (χ2n) is 5.33. The number of ether oxygens (including phenoxy) is 1. The Morgan fingerprint density at radius 1 is 1.30 bits per heavy atom. The number of amides is 1. The quantitative estimate of drug-likeness (QED) is 0.766. The molecule has 1 aromatic rings. The normalized spacial score (nSPS) is 12.2. The molecule has 1 amide bonds. The maximum Gasteiger partial charge on any atom is 0.224 e. The summed E-state index contributed by atoms with van der Waals surface area (Å²) < 4.78 is 5.36. The van der Waals surface area contributed by atoms with Gasteiger partial charge in [0.05, 0.1) is 25.7 Å². The van der Waals surface area contributed by atoms with Gasteiger partial charge in [-0.1, -0.05) is 26.0 Å². The minimum atomic E-state index is -0.162. The van der Waals surface area contributed by atoms with E-state index >= 15 is 0 Å². The number of benzene rings is 1. The molecule has 0 aromatic heterocycles. The largest absolute Gasteiger partial charge is 0.494 e. The van der Waals surface area contributed by atoms with E-state index in [1.165, 1.54) is 0 Å². The molecule has 2 N–H and O–H groups in total. The lowest BCUT2D eigenvalue weighted by molar-refractivity contribution is -0.121. The molecular weight excluding hydrogens is 254 g/mol. The fraction of sp³-hybridized carbons (Fsp3) is 0.562. The molecule has 1 unspecified atom stereocenters. The Morgan fingerprint density at radius 2 is 1.95 bits per heavy atom. The summed E-state index contributed by atoms with van der Waals surface area (Å²) in [4.78, 5) is 11.9. The number of hydrogen-bond donors (Lipinski definition) is 2. The van der Waals surface area contributed by atoms with Crippen molar-refractivity contribution in [3.63, 3.8) is 0 Å². The van der Waals surface area contributed by atoms with E-state index in [4.69, 9.17) is 4.74 Å². The highest BCUT2D eigenvalue weighted by molar-refractivity contribution is 5.78. The third-order valence-corrected chi connectivity index (χ3v) is 2.94. The summed E-state index contributed by atoms with van der Waals surface area (Å²) in [5.74, 6) is 1.19. The standard InChI is InChI=1S/C16H25NO3/c1-4-20-15-7-5-13(6-8-15)10-16(19)17-14(11-18)9-12(2)3/h5-8,12,14,18H,4,9-11H2,1-3H3,(H,17,19).